The normalized spacial score (nSPS) is 11.5. The number of alkyl halides is 3. The minimum Gasteiger partial charge on any atom is -0.497 e. The van der Waals surface area contributed by atoms with Gasteiger partial charge in [-0.15, -0.1) is 0 Å². The van der Waals surface area contributed by atoms with Crippen LogP contribution in [0.3, 0.4) is 0 Å². The Morgan fingerprint density at radius 3 is 2.50 bits per heavy atom. The third-order valence-electron chi connectivity index (χ3n) is 5.58. The number of aromatic nitrogens is 3. The van der Waals surface area contributed by atoms with Crippen LogP contribution in [0, 0.1) is 5.41 Å². The Morgan fingerprint density at radius 1 is 1.06 bits per heavy atom. The van der Waals surface area contributed by atoms with Crippen molar-refractivity contribution in [2.75, 3.05) is 20.8 Å². The van der Waals surface area contributed by atoms with E-state index >= 15 is 0 Å². The molecule has 188 valence electrons. The van der Waals surface area contributed by atoms with Gasteiger partial charge in [0.1, 0.15) is 22.7 Å². The first-order chi connectivity index (χ1) is 17.2. The first-order valence-electron chi connectivity index (χ1n) is 10.9. The van der Waals surface area contributed by atoms with Gasteiger partial charge in [0.2, 0.25) is 0 Å². The van der Waals surface area contributed by atoms with Crippen molar-refractivity contribution in [3.05, 3.63) is 77.2 Å². The fourth-order valence-corrected chi connectivity index (χ4v) is 3.81. The van der Waals surface area contributed by atoms with E-state index in [-0.39, 0.29) is 24.3 Å². The van der Waals surface area contributed by atoms with Crippen molar-refractivity contribution < 1.29 is 32.2 Å². The number of fused-ring (bicyclic) bond motifs is 1. The highest BCUT2D eigenvalue weighted by Gasteiger charge is 2.37. The lowest BCUT2D eigenvalue weighted by atomic mass is 10.1. The van der Waals surface area contributed by atoms with Gasteiger partial charge in [-0.1, -0.05) is 6.07 Å². The van der Waals surface area contributed by atoms with Crippen molar-refractivity contribution in [3.8, 4) is 17.2 Å². The Morgan fingerprint density at radius 2 is 1.83 bits per heavy atom. The van der Waals surface area contributed by atoms with Gasteiger partial charge >= 0.3 is 12.1 Å². The zero-order valence-corrected chi connectivity index (χ0v) is 19.7. The van der Waals surface area contributed by atoms with Gasteiger partial charge in [0.25, 0.3) is 0 Å². The van der Waals surface area contributed by atoms with Crippen molar-refractivity contribution in [1.29, 1.82) is 5.41 Å². The average molecular weight is 500 g/mol. The van der Waals surface area contributed by atoms with Crippen molar-refractivity contribution in [1.82, 2.24) is 14.3 Å². The molecule has 2 heterocycles. The van der Waals surface area contributed by atoms with Crippen molar-refractivity contribution in [3.63, 3.8) is 0 Å². The van der Waals surface area contributed by atoms with Crippen LogP contribution in [0.5, 0.6) is 11.5 Å². The van der Waals surface area contributed by atoms with E-state index in [0.717, 1.165) is 5.56 Å². The van der Waals surface area contributed by atoms with Gasteiger partial charge in [0.15, 0.2) is 5.69 Å². The number of ether oxygens (including phenoxy) is 3. The number of rotatable bonds is 7. The molecule has 0 saturated heterocycles. The number of carbonyl (C=O) groups excluding carboxylic acids is 1. The Balaban J connectivity index is 1.80. The molecular weight excluding hydrogens is 477 g/mol. The van der Waals surface area contributed by atoms with Crippen LogP contribution in [0.25, 0.3) is 16.5 Å². The third kappa shape index (κ3) is 4.77. The lowest BCUT2D eigenvalue weighted by Gasteiger charge is -2.14. The Hall–Kier alpha value is -4.28. The van der Waals surface area contributed by atoms with Crippen LogP contribution in [0.4, 0.5) is 13.2 Å². The molecular formula is C25H23F3N4O4. The highest BCUT2D eigenvalue weighted by molar-refractivity contribution is 5.87. The highest BCUT2D eigenvalue weighted by atomic mass is 19.4. The Labute approximate surface area is 204 Å². The fourth-order valence-electron chi connectivity index (χ4n) is 3.81. The SMILES string of the molecule is CCOC(=O)c1cc(C(F)(F)F)n(-c2ccc3ccn(Cc4ccc(OC)cc4OC)c(=N)c3c2)n1. The molecule has 2 aromatic heterocycles. The average Bonchev–Trinajstić information content (AvgIpc) is 3.32. The topological polar surface area (TPSA) is 91.4 Å². The first-order valence-corrected chi connectivity index (χ1v) is 10.9. The standard InChI is InChI=1S/C25H23F3N4O4/c1-4-36-24(33)20-13-22(25(26,27)28)32(30-20)17-7-5-15-9-10-31(23(29)19(15)11-17)14-16-6-8-18(34-2)12-21(16)35-3/h5-13,29H,4,14H2,1-3H3. The molecule has 0 amide bonds. The van der Waals surface area contributed by atoms with E-state index in [1.165, 1.54) is 19.2 Å². The Kier molecular flexibility index (Phi) is 6.73. The number of nitrogens with zero attached hydrogens (tertiary/aromatic N) is 3. The number of carbonyl (C=O) groups is 1. The second kappa shape index (κ2) is 9.76. The summed E-state index contributed by atoms with van der Waals surface area (Å²) in [6.07, 6.45) is -3.04. The summed E-state index contributed by atoms with van der Waals surface area (Å²) in [5.41, 5.74) is -0.650. The summed E-state index contributed by atoms with van der Waals surface area (Å²) < 4.78 is 59.0. The predicted molar refractivity (Wildman–Crippen MR) is 125 cm³/mol. The molecule has 4 aromatic rings. The molecule has 0 spiro atoms. The van der Waals surface area contributed by atoms with Gasteiger partial charge in [-0.05, 0) is 42.6 Å². The molecule has 0 fully saturated rings. The highest BCUT2D eigenvalue weighted by Crippen LogP contribution is 2.32. The van der Waals surface area contributed by atoms with E-state index in [1.54, 1.807) is 49.1 Å². The monoisotopic (exact) mass is 500 g/mol. The van der Waals surface area contributed by atoms with E-state index in [0.29, 0.717) is 33.0 Å². The summed E-state index contributed by atoms with van der Waals surface area (Å²) in [6, 6.07) is 12.3. The van der Waals surface area contributed by atoms with Gasteiger partial charge in [0, 0.05) is 29.3 Å². The maximum absolute atomic E-state index is 13.7. The Bertz CT molecular complexity index is 1490. The van der Waals surface area contributed by atoms with Crippen LogP contribution in [0.2, 0.25) is 0 Å². The van der Waals surface area contributed by atoms with Gasteiger partial charge in [-0.25, -0.2) is 9.48 Å². The molecule has 8 nitrogen and oxygen atoms in total. The van der Waals surface area contributed by atoms with Gasteiger partial charge in [-0.3, -0.25) is 5.41 Å². The van der Waals surface area contributed by atoms with Crippen molar-refractivity contribution >= 4 is 16.7 Å². The second-order valence-electron chi connectivity index (χ2n) is 7.79. The molecule has 0 aliphatic rings. The molecule has 0 saturated carbocycles. The van der Waals surface area contributed by atoms with E-state index in [2.05, 4.69) is 5.10 Å². The lowest BCUT2D eigenvalue weighted by Crippen LogP contribution is -2.21. The van der Waals surface area contributed by atoms with E-state index in [9.17, 15) is 18.0 Å². The largest absolute Gasteiger partial charge is 0.497 e. The minimum atomic E-state index is -4.77. The van der Waals surface area contributed by atoms with E-state index in [4.69, 9.17) is 19.6 Å². The van der Waals surface area contributed by atoms with Crippen LogP contribution >= 0.6 is 0 Å². The van der Waals surface area contributed by atoms with E-state index < -0.39 is 23.5 Å². The summed E-state index contributed by atoms with van der Waals surface area (Å²) in [7, 11) is 3.08. The molecule has 36 heavy (non-hydrogen) atoms. The fraction of sp³-hybridized carbons (Fsp3) is 0.240. The number of pyridine rings is 1. The van der Waals surface area contributed by atoms with Crippen LogP contribution in [0.1, 0.15) is 28.7 Å². The van der Waals surface area contributed by atoms with Gasteiger partial charge in [0.05, 0.1) is 33.1 Å². The molecule has 0 unspecified atom stereocenters. The zero-order chi connectivity index (χ0) is 26.0. The van der Waals surface area contributed by atoms with Crippen molar-refractivity contribution in [2.45, 2.75) is 19.6 Å². The summed E-state index contributed by atoms with van der Waals surface area (Å²) in [4.78, 5) is 12.0. The molecule has 11 heteroatoms. The minimum absolute atomic E-state index is 0.00417. The predicted octanol–water partition coefficient (Wildman–Crippen LogP) is 4.57. The number of nitrogens with one attached hydrogen (secondary N) is 1. The smallest absolute Gasteiger partial charge is 0.433 e. The molecule has 0 radical (unpaired) electrons. The van der Waals surface area contributed by atoms with Crippen LogP contribution in [-0.2, 0) is 17.5 Å². The number of methoxy groups -OCH3 is 2. The molecule has 2 aromatic carbocycles. The number of hydrogen-bond acceptors (Lipinski definition) is 6. The molecule has 0 aliphatic carbocycles. The number of halogens is 3. The third-order valence-corrected chi connectivity index (χ3v) is 5.58. The molecule has 0 aliphatic heterocycles. The summed E-state index contributed by atoms with van der Waals surface area (Å²) in [5.74, 6) is 0.250. The lowest BCUT2D eigenvalue weighted by molar-refractivity contribution is -0.142. The summed E-state index contributed by atoms with van der Waals surface area (Å²) >= 11 is 0. The van der Waals surface area contributed by atoms with Crippen LogP contribution < -0.4 is 15.0 Å². The molecule has 4 rings (SSSR count). The number of esters is 1. The molecule has 0 atom stereocenters. The van der Waals surface area contributed by atoms with Gasteiger partial charge < -0.3 is 18.8 Å². The van der Waals surface area contributed by atoms with E-state index in [1.807, 2.05) is 6.07 Å². The maximum Gasteiger partial charge on any atom is 0.433 e. The first kappa shape index (κ1) is 24.8. The number of hydrogen-bond donors (Lipinski definition) is 1. The van der Waals surface area contributed by atoms with Gasteiger partial charge in [-0.2, -0.15) is 18.3 Å². The maximum atomic E-state index is 13.7. The summed E-state index contributed by atoms with van der Waals surface area (Å²) in [5, 5.41) is 13.7. The molecule has 0 bridgehead atoms. The van der Waals surface area contributed by atoms with Crippen LogP contribution in [-0.4, -0.2) is 41.1 Å². The summed E-state index contributed by atoms with van der Waals surface area (Å²) in [6.45, 7) is 1.84. The van der Waals surface area contributed by atoms with Crippen molar-refractivity contribution in [2.24, 2.45) is 0 Å². The second-order valence-corrected chi connectivity index (χ2v) is 7.79. The van der Waals surface area contributed by atoms with Crippen LogP contribution in [0.15, 0.2) is 54.7 Å². The number of benzene rings is 2. The zero-order valence-electron chi connectivity index (χ0n) is 19.7. The quantitative estimate of drug-likeness (QED) is 0.376. The molecule has 1 N–H and O–H groups in total.